The van der Waals surface area contributed by atoms with Crippen molar-refractivity contribution in [3.8, 4) is 11.8 Å². The lowest BCUT2D eigenvalue weighted by Gasteiger charge is -2.13. The van der Waals surface area contributed by atoms with Crippen LogP contribution in [0.25, 0.3) is 16.6 Å². The van der Waals surface area contributed by atoms with Crippen LogP contribution in [0.3, 0.4) is 0 Å². The van der Waals surface area contributed by atoms with E-state index in [4.69, 9.17) is 16.9 Å². The molecule has 0 fully saturated rings. The number of rotatable bonds is 2. The van der Waals surface area contributed by atoms with E-state index in [2.05, 4.69) is 11.1 Å². The van der Waals surface area contributed by atoms with Crippen LogP contribution in [0.5, 0.6) is 0 Å². The molecule has 1 heterocycles. The minimum absolute atomic E-state index is 0.220. The monoisotopic (exact) mass is 309 g/mol. The maximum absolute atomic E-state index is 12.9. The first-order valence-corrected chi connectivity index (χ1v) is 7.24. The molecule has 3 aromatic rings. The van der Waals surface area contributed by atoms with Gasteiger partial charge >= 0.3 is 0 Å². The van der Waals surface area contributed by atoms with Gasteiger partial charge in [0, 0.05) is 6.42 Å². The van der Waals surface area contributed by atoms with Gasteiger partial charge in [0.15, 0.2) is 0 Å². The van der Waals surface area contributed by atoms with Crippen molar-refractivity contribution in [1.29, 1.82) is 5.26 Å². The first-order chi connectivity index (χ1) is 10.7. The van der Waals surface area contributed by atoms with Crippen molar-refractivity contribution in [3.05, 3.63) is 69.2 Å². The van der Waals surface area contributed by atoms with Crippen LogP contribution in [0, 0.1) is 11.3 Å². The molecule has 0 aliphatic rings. The lowest BCUT2D eigenvalue weighted by molar-refractivity contribution is 0.833. The average molecular weight is 310 g/mol. The zero-order valence-corrected chi connectivity index (χ0v) is 12.6. The summed E-state index contributed by atoms with van der Waals surface area (Å²) in [5.74, 6) is 0.634. The molecule has 3 rings (SSSR count). The van der Waals surface area contributed by atoms with Crippen LogP contribution in [0.4, 0.5) is 0 Å². The molecule has 22 heavy (non-hydrogen) atoms. The Labute approximate surface area is 132 Å². The van der Waals surface area contributed by atoms with E-state index in [1.165, 1.54) is 4.57 Å². The van der Waals surface area contributed by atoms with Crippen LogP contribution < -0.4 is 5.56 Å². The summed E-state index contributed by atoms with van der Waals surface area (Å²) < 4.78 is 1.52. The number of aromatic nitrogens is 2. The van der Waals surface area contributed by atoms with Gasteiger partial charge in [-0.1, -0.05) is 30.7 Å². The molecular weight excluding hydrogens is 298 g/mol. The van der Waals surface area contributed by atoms with E-state index in [1.807, 2.05) is 6.92 Å². The molecule has 0 aliphatic carbocycles. The Balaban J connectivity index is 2.42. The second-order valence-electron chi connectivity index (χ2n) is 4.82. The van der Waals surface area contributed by atoms with Crippen LogP contribution in [-0.2, 0) is 6.42 Å². The molecule has 0 bridgehead atoms. The fourth-order valence-corrected chi connectivity index (χ4v) is 2.70. The van der Waals surface area contributed by atoms with Crippen LogP contribution in [0.2, 0.25) is 5.02 Å². The Morgan fingerprint density at radius 2 is 2.05 bits per heavy atom. The van der Waals surface area contributed by atoms with Gasteiger partial charge in [0.25, 0.3) is 5.56 Å². The Morgan fingerprint density at radius 3 is 2.77 bits per heavy atom. The van der Waals surface area contributed by atoms with Crippen molar-refractivity contribution >= 4 is 22.5 Å². The number of fused-ring (bicyclic) bond motifs is 1. The second kappa shape index (κ2) is 5.63. The first kappa shape index (κ1) is 14.3. The van der Waals surface area contributed by atoms with Gasteiger partial charge in [-0.05, 0) is 30.3 Å². The summed E-state index contributed by atoms with van der Waals surface area (Å²) in [4.78, 5) is 17.4. The summed E-state index contributed by atoms with van der Waals surface area (Å²) in [5.41, 5.74) is 1.48. The van der Waals surface area contributed by atoms with E-state index < -0.39 is 0 Å². The minimum atomic E-state index is -0.220. The van der Waals surface area contributed by atoms with Gasteiger partial charge in [0.1, 0.15) is 5.82 Å². The van der Waals surface area contributed by atoms with Crippen molar-refractivity contribution in [2.24, 2.45) is 0 Å². The molecule has 0 radical (unpaired) electrons. The predicted octanol–water partition coefficient (Wildman–Crippen LogP) is 3.47. The third kappa shape index (κ3) is 2.26. The van der Waals surface area contributed by atoms with Gasteiger partial charge in [-0.2, -0.15) is 5.26 Å². The molecule has 2 aromatic carbocycles. The van der Waals surface area contributed by atoms with E-state index in [-0.39, 0.29) is 5.56 Å². The SMILES string of the molecule is CCc1nc2cccc(Cl)c2c(=O)n1-c1cccc(C#N)c1. The van der Waals surface area contributed by atoms with Gasteiger partial charge < -0.3 is 0 Å². The number of aryl methyl sites for hydroxylation is 1. The van der Waals surface area contributed by atoms with Crippen LogP contribution in [0.1, 0.15) is 18.3 Å². The molecule has 0 N–H and O–H groups in total. The van der Waals surface area contributed by atoms with Crippen molar-refractivity contribution in [2.75, 3.05) is 0 Å². The number of nitrogens with zero attached hydrogens (tertiary/aromatic N) is 3. The third-order valence-electron chi connectivity index (χ3n) is 3.47. The fraction of sp³-hybridized carbons (Fsp3) is 0.118. The van der Waals surface area contributed by atoms with E-state index in [0.29, 0.717) is 39.4 Å². The standard InChI is InChI=1S/C17H12ClN3O/c1-2-15-20-14-8-4-7-13(18)16(14)17(22)21(15)12-6-3-5-11(9-12)10-19/h3-9H,2H2,1H3. The van der Waals surface area contributed by atoms with Crippen LogP contribution >= 0.6 is 11.6 Å². The first-order valence-electron chi connectivity index (χ1n) is 6.86. The predicted molar refractivity (Wildman–Crippen MR) is 86.4 cm³/mol. The van der Waals surface area contributed by atoms with Gasteiger partial charge in [0.05, 0.1) is 33.2 Å². The van der Waals surface area contributed by atoms with E-state index in [1.54, 1.807) is 42.5 Å². The van der Waals surface area contributed by atoms with Crippen molar-refractivity contribution in [2.45, 2.75) is 13.3 Å². The Kier molecular flexibility index (Phi) is 3.66. The van der Waals surface area contributed by atoms with Crippen LogP contribution in [-0.4, -0.2) is 9.55 Å². The lowest BCUT2D eigenvalue weighted by atomic mass is 10.2. The van der Waals surface area contributed by atoms with Crippen molar-refractivity contribution in [3.63, 3.8) is 0 Å². The molecule has 0 spiro atoms. The number of benzene rings is 2. The number of hydrogen-bond donors (Lipinski definition) is 0. The van der Waals surface area contributed by atoms with Crippen molar-refractivity contribution in [1.82, 2.24) is 9.55 Å². The number of hydrogen-bond acceptors (Lipinski definition) is 3. The highest BCUT2D eigenvalue weighted by molar-refractivity contribution is 6.35. The van der Waals surface area contributed by atoms with E-state index in [9.17, 15) is 4.79 Å². The second-order valence-corrected chi connectivity index (χ2v) is 5.23. The zero-order chi connectivity index (χ0) is 15.7. The summed E-state index contributed by atoms with van der Waals surface area (Å²) in [6.45, 7) is 1.93. The van der Waals surface area contributed by atoms with Gasteiger partial charge in [0.2, 0.25) is 0 Å². The molecule has 0 amide bonds. The van der Waals surface area contributed by atoms with Gasteiger partial charge in [-0.15, -0.1) is 0 Å². The highest BCUT2D eigenvalue weighted by Gasteiger charge is 2.14. The smallest absolute Gasteiger partial charge is 0.267 e. The summed E-state index contributed by atoms with van der Waals surface area (Å²) in [6, 6.07) is 14.2. The molecule has 5 heteroatoms. The summed E-state index contributed by atoms with van der Waals surface area (Å²) in [5, 5.41) is 9.82. The average Bonchev–Trinajstić information content (AvgIpc) is 2.54. The largest absolute Gasteiger partial charge is 0.268 e. The molecule has 0 saturated carbocycles. The fourth-order valence-electron chi connectivity index (χ4n) is 2.45. The molecule has 108 valence electrons. The van der Waals surface area contributed by atoms with Crippen molar-refractivity contribution < 1.29 is 0 Å². The quantitative estimate of drug-likeness (QED) is 0.728. The number of nitriles is 1. The molecular formula is C17H12ClN3O. The molecule has 0 aliphatic heterocycles. The molecule has 0 saturated heterocycles. The van der Waals surface area contributed by atoms with E-state index >= 15 is 0 Å². The number of halogens is 1. The highest BCUT2D eigenvalue weighted by Crippen LogP contribution is 2.20. The summed E-state index contributed by atoms with van der Waals surface area (Å²) >= 11 is 6.17. The maximum atomic E-state index is 12.9. The molecule has 0 atom stereocenters. The molecule has 4 nitrogen and oxygen atoms in total. The Bertz CT molecular complexity index is 970. The zero-order valence-electron chi connectivity index (χ0n) is 11.9. The maximum Gasteiger partial charge on any atom is 0.267 e. The topological polar surface area (TPSA) is 58.7 Å². The molecule has 0 unspecified atom stereocenters. The van der Waals surface area contributed by atoms with Gasteiger partial charge in [-0.25, -0.2) is 4.98 Å². The Morgan fingerprint density at radius 1 is 1.27 bits per heavy atom. The molecule has 1 aromatic heterocycles. The van der Waals surface area contributed by atoms with E-state index in [0.717, 1.165) is 0 Å². The third-order valence-corrected chi connectivity index (χ3v) is 3.78. The normalized spacial score (nSPS) is 10.6. The Hall–Kier alpha value is -2.64. The minimum Gasteiger partial charge on any atom is -0.268 e. The van der Waals surface area contributed by atoms with Gasteiger partial charge in [-0.3, -0.25) is 9.36 Å². The summed E-state index contributed by atoms with van der Waals surface area (Å²) in [6.07, 6.45) is 0.592. The highest BCUT2D eigenvalue weighted by atomic mass is 35.5. The van der Waals surface area contributed by atoms with Crippen LogP contribution in [0.15, 0.2) is 47.3 Å². The lowest BCUT2D eigenvalue weighted by Crippen LogP contribution is -2.24. The summed E-state index contributed by atoms with van der Waals surface area (Å²) in [7, 11) is 0.